The maximum atomic E-state index is 13.4. The number of carbonyl (C=O) groups is 3. The van der Waals surface area contributed by atoms with Gasteiger partial charge in [0.05, 0.1) is 41.7 Å². The number of para-hydroxylation sites is 1. The number of fused-ring (bicyclic) bond motifs is 1. The van der Waals surface area contributed by atoms with Crippen molar-refractivity contribution in [3.8, 4) is 11.3 Å². The zero-order valence-corrected chi connectivity index (χ0v) is 21.9. The van der Waals surface area contributed by atoms with Crippen molar-refractivity contribution < 1.29 is 19.1 Å². The number of amides is 2. The van der Waals surface area contributed by atoms with Crippen molar-refractivity contribution >= 4 is 46.3 Å². The van der Waals surface area contributed by atoms with Gasteiger partial charge in [0.15, 0.2) is 5.78 Å². The molecule has 3 aromatic heterocycles. The zero-order valence-electron chi connectivity index (χ0n) is 21.1. The highest BCUT2D eigenvalue weighted by Gasteiger charge is 2.34. The van der Waals surface area contributed by atoms with Crippen LogP contribution in [0.3, 0.4) is 0 Å². The Morgan fingerprint density at radius 2 is 1.92 bits per heavy atom. The first-order valence-corrected chi connectivity index (χ1v) is 12.8. The number of Topliss-reactive ketones (excluding diaryl/α,β-unsaturated/α-hetero) is 1. The standard InChI is InChI=1S/C27H26N6O4S/c1-27(2,3)37-26(36)33-13-18-22(19(34)14-33)24(30-17-7-5-4-6-8-17)23(31-18)16-9-10-29-21(11-16)32-25(35)20-12-28-15-38-20/h4-12,15,30-31H,13-14H2,1-3H3,(H,29,32,35). The third-order valence-corrected chi connectivity index (χ3v) is 6.45. The number of aromatic nitrogens is 3. The highest BCUT2D eigenvalue weighted by molar-refractivity contribution is 7.11. The van der Waals surface area contributed by atoms with Gasteiger partial charge in [-0.05, 0) is 45.0 Å². The van der Waals surface area contributed by atoms with Gasteiger partial charge in [0.2, 0.25) is 0 Å². The molecule has 0 bridgehead atoms. The van der Waals surface area contributed by atoms with Crippen LogP contribution in [0.1, 0.15) is 46.5 Å². The molecule has 5 rings (SSSR count). The van der Waals surface area contributed by atoms with Gasteiger partial charge in [0.25, 0.3) is 5.91 Å². The predicted octanol–water partition coefficient (Wildman–Crippen LogP) is 5.46. The highest BCUT2D eigenvalue weighted by Crippen LogP contribution is 2.38. The molecule has 1 aromatic carbocycles. The van der Waals surface area contributed by atoms with Gasteiger partial charge in [-0.3, -0.25) is 19.5 Å². The van der Waals surface area contributed by atoms with Crippen LogP contribution < -0.4 is 10.6 Å². The van der Waals surface area contributed by atoms with Crippen molar-refractivity contribution in [2.24, 2.45) is 0 Å². The molecule has 0 radical (unpaired) electrons. The van der Waals surface area contributed by atoms with Gasteiger partial charge in [0, 0.05) is 23.1 Å². The van der Waals surface area contributed by atoms with E-state index in [9.17, 15) is 14.4 Å². The Hall–Kier alpha value is -4.51. The van der Waals surface area contributed by atoms with Crippen LogP contribution >= 0.6 is 11.3 Å². The fourth-order valence-electron chi connectivity index (χ4n) is 4.10. The van der Waals surface area contributed by atoms with Crippen LogP contribution in [0.25, 0.3) is 11.3 Å². The summed E-state index contributed by atoms with van der Waals surface area (Å²) >= 11 is 1.23. The minimum atomic E-state index is -0.682. The van der Waals surface area contributed by atoms with Crippen LogP contribution in [0.15, 0.2) is 60.4 Å². The Morgan fingerprint density at radius 3 is 2.63 bits per heavy atom. The Kier molecular flexibility index (Phi) is 6.68. The molecule has 0 fully saturated rings. The summed E-state index contributed by atoms with van der Waals surface area (Å²) in [7, 11) is 0. The second kappa shape index (κ2) is 10.1. The number of benzene rings is 1. The minimum absolute atomic E-state index is 0.102. The molecule has 0 atom stereocenters. The molecule has 2 amide bonds. The van der Waals surface area contributed by atoms with Crippen LogP contribution in [0, 0.1) is 0 Å². The monoisotopic (exact) mass is 530 g/mol. The minimum Gasteiger partial charge on any atom is -0.444 e. The van der Waals surface area contributed by atoms with Gasteiger partial charge in [-0.25, -0.2) is 9.78 Å². The van der Waals surface area contributed by atoms with Crippen molar-refractivity contribution in [2.75, 3.05) is 17.2 Å². The first-order valence-electron chi connectivity index (χ1n) is 11.9. The van der Waals surface area contributed by atoms with E-state index in [1.165, 1.54) is 22.4 Å². The summed E-state index contributed by atoms with van der Waals surface area (Å²) in [5.41, 5.74) is 4.69. The van der Waals surface area contributed by atoms with Crippen molar-refractivity contribution in [1.29, 1.82) is 0 Å². The van der Waals surface area contributed by atoms with E-state index in [0.29, 0.717) is 38.9 Å². The van der Waals surface area contributed by atoms with E-state index in [1.54, 1.807) is 44.6 Å². The van der Waals surface area contributed by atoms with Gasteiger partial charge >= 0.3 is 6.09 Å². The van der Waals surface area contributed by atoms with Crippen LogP contribution in [0.5, 0.6) is 0 Å². The second-order valence-electron chi connectivity index (χ2n) is 9.73. The summed E-state index contributed by atoms with van der Waals surface area (Å²) in [6, 6.07) is 13.0. The van der Waals surface area contributed by atoms with E-state index in [0.717, 1.165) is 5.69 Å². The normalized spacial score (nSPS) is 13.1. The molecular formula is C27H26N6O4S. The maximum Gasteiger partial charge on any atom is 0.411 e. The fourth-order valence-corrected chi connectivity index (χ4v) is 4.62. The molecule has 38 heavy (non-hydrogen) atoms. The molecule has 0 saturated heterocycles. The summed E-state index contributed by atoms with van der Waals surface area (Å²) in [6.07, 6.45) is 2.52. The highest BCUT2D eigenvalue weighted by atomic mass is 32.1. The number of thiazole rings is 1. The lowest BCUT2D eigenvalue weighted by atomic mass is 10.0. The Bertz CT molecular complexity index is 1490. The molecule has 1 aliphatic rings. The predicted molar refractivity (Wildman–Crippen MR) is 145 cm³/mol. The number of carbonyl (C=O) groups excluding carboxylic acids is 3. The molecule has 1 aliphatic heterocycles. The summed E-state index contributed by atoms with van der Waals surface area (Å²) in [5.74, 6) is -0.180. The summed E-state index contributed by atoms with van der Waals surface area (Å²) in [4.78, 5) is 52.1. The van der Waals surface area contributed by atoms with Crippen molar-refractivity contribution in [1.82, 2.24) is 19.9 Å². The van der Waals surface area contributed by atoms with Crippen LogP contribution in [-0.2, 0) is 11.3 Å². The maximum absolute atomic E-state index is 13.4. The summed E-state index contributed by atoms with van der Waals surface area (Å²) in [6.45, 7) is 5.43. The molecule has 3 N–H and O–H groups in total. The van der Waals surface area contributed by atoms with Gasteiger partial charge in [-0.1, -0.05) is 18.2 Å². The van der Waals surface area contributed by atoms with E-state index in [4.69, 9.17) is 4.74 Å². The molecule has 4 aromatic rings. The average Bonchev–Trinajstić information content (AvgIpc) is 3.53. The van der Waals surface area contributed by atoms with Crippen molar-refractivity contribution in [2.45, 2.75) is 32.9 Å². The van der Waals surface area contributed by atoms with Gasteiger partial charge in [-0.2, -0.15) is 0 Å². The molecule has 194 valence electrons. The van der Waals surface area contributed by atoms with E-state index in [2.05, 4.69) is 25.6 Å². The van der Waals surface area contributed by atoms with Gasteiger partial charge in [-0.15, -0.1) is 11.3 Å². The number of nitrogens with one attached hydrogen (secondary N) is 3. The third-order valence-electron chi connectivity index (χ3n) is 5.68. The van der Waals surface area contributed by atoms with Crippen molar-refractivity contribution in [3.05, 3.63) is 76.5 Å². The Balaban J connectivity index is 1.52. The smallest absolute Gasteiger partial charge is 0.411 e. The Morgan fingerprint density at radius 1 is 1.13 bits per heavy atom. The first-order chi connectivity index (χ1) is 18.2. The second-order valence-corrected chi connectivity index (χ2v) is 10.6. The lowest BCUT2D eigenvalue weighted by molar-refractivity contribution is 0.0218. The molecule has 4 heterocycles. The van der Waals surface area contributed by atoms with Crippen LogP contribution in [0.2, 0.25) is 0 Å². The lowest BCUT2D eigenvalue weighted by Crippen LogP contribution is -2.42. The Labute approximate surface area is 223 Å². The van der Waals surface area contributed by atoms with Crippen LogP contribution in [-0.4, -0.2) is 49.8 Å². The quantitative estimate of drug-likeness (QED) is 0.312. The number of anilines is 3. The molecule has 0 saturated carbocycles. The van der Waals surface area contributed by atoms with Gasteiger partial charge in [0.1, 0.15) is 16.3 Å². The number of pyridine rings is 1. The number of hydrogen-bond donors (Lipinski definition) is 3. The zero-order chi connectivity index (χ0) is 26.9. The summed E-state index contributed by atoms with van der Waals surface area (Å²) < 4.78 is 5.49. The summed E-state index contributed by atoms with van der Waals surface area (Å²) in [5, 5.41) is 6.16. The molecule has 10 nitrogen and oxygen atoms in total. The van der Waals surface area contributed by atoms with Gasteiger partial charge < -0.3 is 20.4 Å². The average molecular weight is 531 g/mol. The SMILES string of the molecule is CC(C)(C)OC(=O)N1CC(=O)c2c([nH]c(-c3ccnc(NC(=O)c4cncs4)c3)c2Nc2ccccc2)C1. The van der Waals surface area contributed by atoms with Crippen LogP contribution in [0.4, 0.5) is 22.0 Å². The number of hydrogen-bond acceptors (Lipinski definition) is 8. The topological polar surface area (TPSA) is 129 Å². The largest absolute Gasteiger partial charge is 0.444 e. The molecule has 0 spiro atoms. The lowest BCUT2D eigenvalue weighted by Gasteiger charge is -2.29. The van der Waals surface area contributed by atoms with Crippen molar-refractivity contribution in [3.63, 3.8) is 0 Å². The fraction of sp³-hybridized carbons (Fsp3) is 0.222. The molecular weight excluding hydrogens is 504 g/mol. The number of ether oxygens (including phenoxy) is 1. The van der Waals surface area contributed by atoms with E-state index >= 15 is 0 Å². The number of aromatic amines is 1. The first kappa shape index (κ1) is 25.2. The van der Waals surface area contributed by atoms with E-state index < -0.39 is 11.7 Å². The molecule has 0 unspecified atom stereocenters. The third kappa shape index (κ3) is 5.42. The van der Waals surface area contributed by atoms with E-state index in [1.807, 2.05) is 30.3 Å². The number of ketones is 1. The van der Waals surface area contributed by atoms with E-state index in [-0.39, 0.29) is 24.8 Å². The number of nitrogens with zero attached hydrogens (tertiary/aromatic N) is 3. The molecule has 11 heteroatoms. The number of H-pyrrole nitrogens is 1. The number of rotatable bonds is 5. The molecule has 0 aliphatic carbocycles.